The van der Waals surface area contributed by atoms with Crippen molar-refractivity contribution in [2.24, 2.45) is 0 Å². The SMILES string of the molecule is CC1(C)c2ccccc2-c2c(-c3cccc(CC4c5ccc(-c6cccc(-c7ccc(Br)cc7)c6)cc5-c5cc(-c6ccc7c(c6)C(C)(C)c6c-7cccc6-n6c7ccccc7c7cc(-c8cccc(-c9c#cc(Br)cc9)c8)ccc76)ccc54)c3)cccc21. The third kappa shape index (κ3) is 8.63. The fourth-order valence-electron chi connectivity index (χ4n) is 15.6. The third-order valence-corrected chi connectivity index (χ3v) is 20.9. The van der Waals surface area contributed by atoms with Crippen molar-refractivity contribution in [2.45, 2.75) is 50.9 Å². The van der Waals surface area contributed by atoms with Crippen molar-refractivity contribution >= 4 is 53.7 Å². The van der Waals surface area contributed by atoms with Gasteiger partial charge >= 0.3 is 0 Å². The summed E-state index contributed by atoms with van der Waals surface area (Å²) in [5.74, 6) is 0.180. The van der Waals surface area contributed by atoms with Crippen LogP contribution in [0, 0.1) is 12.1 Å². The third-order valence-electron chi connectivity index (χ3n) is 19.9. The molecule has 1 aromatic heterocycles. The van der Waals surface area contributed by atoms with Gasteiger partial charge < -0.3 is 4.57 Å². The average Bonchev–Trinajstić information content (AvgIpc) is 1.66. The molecule has 1 atom stereocenters. The highest BCUT2D eigenvalue weighted by Gasteiger charge is 2.40. The molecule has 0 saturated heterocycles. The second-order valence-corrected chi connectivity index (χ2v) is 27.4. The lowest BCUT2D eigenvalue weighted by atomic mass is 9.80. The largest absolute Gasteiger partial charge is 0.309 e. The number of aromatic nitrogens is 1. The first-order valence-electron chi connectivity index (χ1n) is 30.9. The molecule has 0 fully saturated rings. The summed E-state index contributed by atoms with van der Waals surface area (Å²) in [6.45, 7) is 9.61. The van der Waals surface area contributed by atoms with Crippen LogP contribution in [0.15, 0.2) is 276 Å². The number of nitrogens with zero attached hydrogens (tertiary/aromatic N) is 1. The Morgan fingerprint density at radius 1 is 0.360 bits per heavy atom. The molecule has 1 heterocycles. The van der Waals surface area contributed by atoms with Crippen molar-refractivity contribution in [3.8, 4) is 106 Å². The maximum absolute atomic E-state index is 3.65. The lowest BCUT2D eigenvalue weighted by Gasteiger charge is -2.26. The predicted octanol–water partition coefficient (Wildman–Crippen LogP) is 23.9. The van der Waals surface area contributed by atoms with E-state index in [9.17, 15) is 0 Å². The number of fused-ring (bicyclic) bond motifs is 12. The van der Waals surface area contributed by atoms with Crippen LogP contribution in [0.4, 0.5) is 0 Å². The molecule has 17 rings (SSSR count). The molecule has 0 amide bonds. The molecule has 422 valence electrons. The summed E-state index contributed by atoms with van der Waals surface area (Å²) in [6.07, 6.45) is 0.892. The Labute approximate surface area is 537 Å². The Hall–Kier alpha value is -9.56. The van der Waals surface area contributed by atoms with Crippen molar-refractivity contribution in [1.82, 2.24) is 4.57 Å². The molecule has 89 heavy (non-hydrogen) atoms. The van der Waals surface area contributed by atoms with E-state index in [0.29, 0.717) is 0 Å². The minimum Gasteiger partial charge on any atom is -0.309 e. The molecular weight excluding hydrogens is 1210 g/mol. The van der Waals surface area contributed by atoms with Gasteiger partial charge in [-0.15, -0.1) is 0 Å². The molecule has 0 aliphatic heterocycles. The van der Waals surface area contributed by atoms with E-state index < -0.39 is 0 Å². The Balaban J connectivity index is 0.747. The predicted molar refractivity (Wildman–Crippen MR) is 379 cm³/mol. The topological polar surface area (TPSA) is 4.93 Å². The molecular formula is C86H59Br2N. The van der Waals surface area contributed by atoms with Gasteiger partial charge in [-0.2, -0.15) is 0 Å². The van der Waals surface area contributed by atoms with Gasteiger partial charge in [-0.25, -0.2) is 0 Å². The number of para-hydroxylation sites is 1. The van der Waals surface area contributed by atoms with E-state index in [4.69, 9.17) is 0 Å². The van der Waals surface area contributed by atoms with Gasteiger partial charge in [0.2, 0.25) is 0 Å². The van der Waals surface area contributed by atoms with Gasteiger partial charge in [0.25, 0.3) is 0 Å². The Morgan fingerprint density at radius 3 is 1.71 bits per heavy atom. The smallest absolute Gasteiger partial charge is 0.0678 e. The van der Waals surface area contributed by atoms with Gasteiger partial charge in [0.15, 0.2) is 0 Å². The maximum Gasteiger partial charge on any atom is 0.0678 e. The van der Waals surface area contributed by atoms with Gasteiger partial charge in [-0.3, -0.25) is 0 Å². The zero-order valence-corrected chi connectivity index (χ0v) is 53.1. The number of rotatable bonds is 9. The molecule has 13 aromatic carbocycles. The van der Waals surface area contributed by atoms with E-state index in [-0.39, 0.29) is 16.7 Å². The number of halogens is 2. The van der Waals surface area contributed by atoms with Crippen LogP contribution in [0.25, 0.3) is 128 Å². The molecule has 3 aliphatic carbocycles. The van der Waals surface area contributed by atoms with Crippen molar-refractivity contribution < 1.29 is 0 Å². The van der Waals surface area contributed by atoms with Gasteiger partial charge in [-0.05, 0) is 235 Å². The minimum absolute atomic E-state index is 0.0598. The molecule has 0 spiro atoms. The monoisotopic (exact) mass is 1260 g/mol. The number of hydrogen-bond acceptors (Lipinski definition) is 0. The lowest BCUT2D eigenvalue weighted by molar-refractivity contribution is 0.657. The summed E-state index contributed by atoms with van der Waals surface area (Å²) in [5.41, 5.74) is 35.2. The average molecular weight is 1270 g/mol. The fourth-order valence-corrected chi connectivity index (χ4v) is 16.1. The highest BCUT2D eigenvalue weighted by atomic mass is 79.9. The molecule has 14 aromatic rings. The first-order valence-corrected chi connectivity index (χ1v) is 32.5. The van der Waals surface area contributed by atoms with Gasteiger partial charge in [-0.1, -0.05) is 244 Å². The summed E-state index contributed by atoms with van der Waals surface area (Å²) >= 11 is 7.18. The fraction of sp³-hybridized carbons (Fsp3) is 0.0930. The van der Waals surface area contributed by atoms with E-state index in [1.54, 1.807) is 0 Å². The van der Waals surface area contributed by atoms with Crippen molar-refractivity contribution in [3.63, 3.8) is 0 Å². The molecule has 0 bridgehead atoms. The van der Waals surface area contributed by atoms with E-state index in [0.717, 1.165) is 26.5 Å². The maximum atomic E-state index is 3.65. The highest BCUT2D eigenvalue weighted by Crippen LogP contribution is 2.56. The van der Waals surface area contributed by atoms with Gasteiger partial charge in [0.1, 0.15) is 0 Å². The van der Waals surface area contributed by atoms with Crippen molar-refractivity contribution in [1.29, 1.82) is 0 Å². The van der Waals surface area contributed by atoms with Crippen molar-refractivity contribution in [3.05, 3.63) is 327 Å². The van der Waals surface area contributed by atoms with Crippen LogP contribution in [-0.2, 0) is 17.3 Å². The molecule has 1 nitrogen and oxygen atoms in total. The molecule has 3 heteroatoms. The normalized spacial score (nSPS) is 14.4. The highest BCUT2D eigenvalue weighted by molar-refractivity contribution is 9.10. The van der Waals surface area contributed by atoms with Crippen LogP contribution < -0.4 is 0 Å². The molecule has 1 unspecified atom stereocenters. The molecule has 0 saturated carbocycles. The minimum atomic E-state index is -0.307. The summed E-state index contributed by atoms with van der Waals surface area (Å²) < 4.78 is 4.50. The second-order valence-electron chi connectivity index (χ2n) is 25.6. The van der Waals surface area contributed by atoms with Gasteiger partial charge in [0.05, 0.1) is 21.2 Å². The van der Waals surface area contributed by atoms with Crippen LogP contribution >= 0.6 is 31.9 Å². The second kappa shape index (κ2) is 20.5. The van der Waals surface area contributed by atoms with E-state index in [2.05, 4.69) is 337 Å². The lowest BCUT2D eigenvalue weighted by Crippen LogP contribution is -2.18. The van der Waals surface area contributed by atoms with E-state index >= 15 is 0 Å². The first kappa shape index (κ1) is 53.7. The number of hydrogen-bond donors (Lipinski definition) is 0. The number of benzene rings is 12. The van der Waals surface area contributed by atoms with Crippen molar-refractivity contribution in [2.75, 3.05) is 0 Å². The Kier molecular flexibility index (Phi) is 12.4. The van der Waals surface area contributed by atoms with Crippen LogP contribution in [0.5, 0.6) is 0 Å². The summed E-state index contributed by atoms with van der Waals surface area (Å²) in [4.78, 5) is 0. The zero-order valence-electron chi connectivity index (χ0n) is 49.9. The zero-order chi connectivity index (χ0) is 59.9. The van der Waals surface area contributed by atoms with E-state index in [1.807, 2.05) is 6.07 Å². The van der Waals surface area contributed by atoms with E-state index in [1.165, 1.54) is 155 Å². The molecule has 0 radical (unpaired) electrons. The first-order chi connectivity index (χ1) is 43.4. The van der Waals surface area contributed by atoms with Crippen LogP contribution in [0.2, 0.25) is 0 Å². The van der Waals surface area contributed by atoms with Gasteiger partial charge in [0, 0.05) is 37.6 Å². The summed E-state index contributed by atoms with van der Waals surface area (Å²) in [6, 6.07) is 107. The quantitative estimate of drug-likeness (QED) is 0.136. The Morgan fingerprint density at radius 2 is 0.933 bits per heavy atom. The summed E-state index contributed by atoms with van der Waals surface area (Å²) in [7, 11) is 0. The molecule has 3 aliphatic rings. The summed E-state index contributed by atoms with van der Waals surface area (Å²) in [5, 5.41) is 2.48. The Bertz CT molecular complexity index is 5250. The van der Waals surface area contributed by atoms with Crippen LogP contribution in [0.3, 0.4) is 0 Å². The standard InChI is InChI=1S/C86H59Br2N/c1-85(2)77-24-7-5-21-72(77)83-66(22-12-25-78(83)85)63-19-9-14-52(44-63)45-73-67-40-32-59(57-17-10-15-55(46-57)53-28-36-64(87)37-29-53)48-74(67)75-49-60(33-41-68(73)75)62-34-42-69-71-23-13-27-82(84(71)86(3,4)79(69)51-62)89-80-26-8-6-20-70(80)76-50-61(35-43-81(76)89)58-18-11-16-56(47-58)54-30-38-65(88)39-31-54/h5-30,32-38,40-44,46-51,73H,45H2,1-4H3. The molecule has 0 N–H and O–H groups in total. The van der Waals surface area contributed by atoms with Crippen LogP contribution in [-0.4, -0.2) is 4.57 Å². The van der Waals surface area contributed by atoms with Crippen LogP contribution in [0.1, 0.15) is 72.6 Å².